The molecule has 0 saturated carbocycles. The Hall–Kier alpha value is -4.35. The number of carbonyl (C=O) groups is 1. The second-order valence-electron chi connectivity index (χ2n) is 8.41. The zero-order valence-corrected chi connectivity index (χ0v) is 20.1. The fourth-order valence-corrected chi connectivity index (χ4v) is 4.21. The van der Waals surface area contributed by atoms with E-state index in [0.717, 1.165) is 12.1 Å². The topological polar surface area (TPSA) is 85.1 Å². The van der Waals surface area contributed by atoms with Crippen molar-refractivity contribution >= 4 is 17.6 Å². The molecule has 1 aliphatic rings. The number of halogens is 3. The normalized spacial score (nSPS) is 14.2. The summed E-state index contributed by atoms with van der Waals surface area (Å²) in [5.41, 5.74) is 0.508. The van der Waals surface area contributed by atoms with E-state index in [1.165, 1.54) is 31.0 Å². The Kier molecular flexibility index (Phi) is 6.32. The van der Waals surface area contributed by atoms with Crippen LogP contribution in [0.2, 0.25) is 0 Å². The minimum absolute atomic E-state index is 0.145. The number of hydrogen-bond acceptors (Lipinski definition) is 7. The van der Waals surface area contributed by atoms with Gasteiger partial charge in [-0.25, -0.2) is 4.98 Å². The minimum atomic E-state index is -4.46. The first-order valence-corrected chi connectivity index (χ1v) is 11.4. The van der Waals surface area contributed by atoms with Gasteiger partial charge in [-0.1, -0.05) is 12.1 Å². The Morgan fingerprint density at radius 2 is 1.65 bits per heavy atom. The summed E-state index contributed by atoms with van der Waals surface area (Å²) in [6.07, 6.45) is -2.97. The number of hydrogen-bond donors (Lipinski definition) is 0. The fourth-order valence-electron chi connectivity index (χ4n) is 4.21. The van der Waals surface area contributed by atoms with E-state index in [1.807, 2.05) is 4.90 Å². The number of rotatable bonds is 5. The van der Waals surface area contributed by atoms with Gasteiger partial charge in [-0.2, -0.15) is 22.7 Å². The highest BCUT2D eigenvalue weighted by Gasteiger charge is 2.31. The number of ether oxygens (including phenoxy) is 2. The van der Waals surface area contributed by atoms with E-state index < -0.39 is 11.7 Å². The van der Waals surface area contributed by atoms with Crippen molar-refractivity contribution in [2.24, 2.45) is 0 Å². The molecule has 2 aromatic carbocycles. The molecule has 4 aromatic rings. The Labute approximate surface area is 210 Å². The molecule has 1 amide bonds. The molecule has 12 heteroatoms. The number of aromatic nitrogens is 4. The van der Waals surface area contributed by atoms with E-state index in [4.69, 9.17) is 9.47 Å². The molecule has 0 radical (unpaired) electrons. The van der Waals surface area contributed by atoms with Gasteiger partial charge < -0.3 is 19.3 Å². The Morgan fingerprint density at radius 3 is 2.30 bits per heavy atom. The summed E-state index contributed by atoms with van der Waals surface area (Å²) in [6.45, 7) is 1.81. The highest BCUT2D eigenvalue weighted by atomic mass is 19.4. The van der Waals surface area contributed by atoms with Crippen LogP contribution in [-0.2, 0) is 6.18 Å². The number of piperazine rings is 1. The van der Waals surface area contributed by atoms with Gasteiger partial charge >= 0.3 is 6.18 Å². The van der Waals surface area contributed by atoms with Gasteiger partial charge in [0.1, 0.15) is 11.5 Å². The zero-order chi connectivity index (χ0) is 26.2. The molecule has 0 unspecified atom stereocenters. The maximum absolute atomic E-state index is 13.2. The van der Waals surface area contributed by atoms with Crippen LogP contribution >= 0.6 is 0 Å². The smallest absolute Gasteiger partial charge is 0.416 e. The maximum atomic E-state index is 13.2. The summed E-state index contributed by atoms with van der Waals surface area (Å²) in [5.74, 6) is 1.57. The number of nitrogens with zero attached hydrogens (tertiary/aromatic N) is 6. The van der Waals surface area contributed by atoms with Crippen LogP contribution in [0.25, 0.3) is 17.0 Å². The lowest BCUT2D eigenvalue weighted by Crippen LogP contribution is -2.49. The maximum Gasteiger partial charge on any atom is 0.416 e. The van der Waals surface area contributed by atoms with E-state index in [0.29, 0.717) is 60.4 Å². The SMILES string of the molecule is COc1cc(OC)cc(C(=O)N2CCN(c3nc4nccc(-c5cccc(C(F)(F)F)c5)n4n3)CC2)c1. The lowest BCUT2D eigenvalue weighted by molar-refractivity contribution is -0.137. The Morgan fingerprint density at radius 1 is 0.946 bits per heavy atom. The minimum Gasteiger partial charge on any atom is -0.497 e. The van der Waals surface area contributed by atoms with Gasteiger partial charge in [-0.15, -0.1) is 5.10 Å². The Balaban J connectivity index is 1.35. The van der Waals surface area contributed by atoms with Crippen LogP contribution in [0, 0.1) is 0 Å². The number of alkyl halides is 3. The van der Waals surface area contributed by atoms with Gasteiger partial charge in [0.2, 0.25) is 5.95 Å². The number of fused-ring (bicyclic) bond motifs is 1. The first-order valence-electron chi connectivity index (χ1n) is 11.4. The number of carbonyl (C=O) groups excluding carboxylic acids is 1. The van der Waals surface area contributed by atoms with Gasteiger partial charge in [0.05, 0.1) is 25.5 Å². The summed E-state index contributed by atoms with van der Waals surface area (Å²) >= 11 is 0. The molecule has 0 N–H and O–H groups in total. The average Bonchev–Trinajstić information content (AvgIpc) is 3.36. The van der Waals surface area contributed by atoms with Gasteiger partial charge in [-0.05, 0) is 30.3 Å². The second-order valence-corrected chi connectivity index (χ2v) is 8.41. The van der Waals surface area contributed by atoms with Crippen LogP contribution < -0.4 is 14.4 Å². The van der Waals surface area contributed by atoms with Crippen molar-refractivity contribution in [2.45, 2.75) is 6.18 Å². The van der Waals surface area contributed by atoms with Crippen molar-refractivity contribution in [2.75, 3.05) is 45.3 Å². The summed E-state index contributed by atoms with van der Waals surface area (Å²) in [7, 11) is 3.05. The molecule has 3 heterocycles. The fraction of sp³-hybridized carbons (Fsp3) is 0.280. The van der Waals surface area contributed by atoms with Gasteiger partial charge in [0, 0.05) is 49.6 Å². The van der Waals surface area contributed by atoms with Crippen LogP contribution in [0.15, 0.2) is 54.7 Å². The lowest BCUT2D eigenvalue weighted by Gasteiger charge is -2.34. The zero-order valence-electron chi connectivity index (χ0n) is 20.1. The molecular formula is C25H23F3N6O3. The first kappa shape index (κ1) is 24.3. The predicted octanol–water partition coefficient (Wildman–Crippen LogP) is 3.79. The van der Waals surface area contributed by atoms with Crippen molar-refractivity contribution in [1.82, 2.24) is 24.5 Å². The monoisotopic (exact) mass is 512 g/mol. The van der Waals surface area contributed by atoms with Crippen molar-refractivity contribution in [3.05, 3.63) is 65.9 Å². The predicted molar refractivity (Wildman–Crippen MR) is 129 cm³/mol. The molecule has 1 fully saturated rings. The molecule has 0 aliphatic carbocycles. The highest BCUT2D eigenvalue weighted by Crippen LogP contribution is 2.32. The number of amides is 1. The van der Waals surface area contributed by atoms with Gasteiger partial charge in [0.15, 0.2) is 0 Å². The van der Waals surface area contributed by atoms with E-state index in [1.54, 1.807) is 35.2 Å². The third-order valence-electron chi connectivity index (χ3n) is 6.16. The van der Waals surface area contributed by atoms with Crippen molar-refractivity contribution in [3.63, 3.8) is 0 Å². The lowest BCUT2D eigenvalue weighted by atomic mass is 10.1. The highest BCUT2D eigenvalue weighted by molar-refractivity contribution is 5.95. The molecule has 0 atom stereocenters. The van der Waals surface area contributed by atoms with Crippen molar-refractivity contribution < 1.29 is 27.4 Å². The number of methoxy groups -OCH3 is 2. The molecule has 1 saturated heterocycles. The molecule has 0 bridgehead atoms. The third-order valence-corrected chi connectivity index (χ3v) is 6.16. The number of anilines is 1. The van der Waals surface area contributed by atoms with E-state index in [-0.39, 0.29) is 11.7 Å². The van der Waals surface area contributed by atoms with E-state index in [9.17, 15) is 18.0 Å². The van der Waals surface area contributed by atoms with E-state index in [2.05, 4.69) is 15.1 Å². The second kappa shape index (κ2) is 9.60. The van der Waals surface area contributed by atoms with Crippen molar-refractivity contribution in [3.8, 4) is 22.8 Å². The largest absolute Gasteiger partial charge is 0.497 e. The molecule has 37 heavy (non-hydrogen) atoms. The van der Waals surface area contributed by atoms with E-state index >= 15 is 0 Å². The van der Waals surface area contributed by atoms with Crippen LogP contribution in [0.1, 0.15) is 15.9 Å². The summed E-state index contributed by atoms with van der Waals surface area (Å²) in [6, 6.07) is 11.7. The summed E-state index contributed by atoms with van der Waals surface area (Å²) < 4.78 is 51.6. The molecule has 2 aromatic heterocycles. The molecule has 9 nitrogen and oxygen atoms in total. The molecular weight excluding hydrogens is 489 g/mol. The molecule has 192 valence electrons. The average molecular weight is 512 g/mol. The summed E-state index contributed by atoms with van der Waals surface area (Å²) in [5, 5.41) is 4.53. The standard InChI is InChI=1S/C25H23F3N6O3/c1-36-19-13-17(14-20(15-19)37-2)22(35)32-8-10-33(11-9-32)24-30-23-29-7-6-21(34(23)31-24)16-4-3-5-18(12-16)25(26,27)28/h3-7,12-15H,8-11H2,1-2H3. The molecule has 1 aliphatic heterocycles. The van der Waals surface area contributed by atoms with Crippen LogP contribution in [-0.4, -0.2) is 70.8 Å². The summed E-state index contributed by atoms with van der Waals surface area (Å²) in [4.78, 5) is 25.4. The van der Waals surface area contributed by atoms with Crippen LogP contribution in [0.4, 0.5) is 19.1 Å². The molecule has 0 spiro atoms. The molecule has 5 rings (SSSR count). The third kappa shape index (κ3) is 4.86. The van der Waals surface area contributed by atoms with Crippen LogP contribution in [0.5, 0.6) is 11.5 Å². The first-order chi connectivity index (χ1) is 17.8. The van der Waals surface area contributed by atoms with Gasteiger partial charge in [-0.3, -0.25) is 4.79 Å². The van der Waals surface area contributed by atoms with Crippen LogP contribution in [0.3, 0.4) is 0 Å². The quantitative estimate of drug-likeness (QED) is 0.402. The Bertz CT molecular complexity index is 1430. The number of benzene rings is 2. The van der Waals surface area contributed by atoms with Crippen molar-refractivity contribution in [1.29, 1.82) is 0 Å². The van der Waals surface area contributed by atoms with Gasteiger partial charge in [0.25, 0.3) is 11.7 Å².